The van der Waals surface area contributed by atoms with Crippen LogP contribution in [-0.2, 0) is 40.0 Å². The minimum Gasteiger partial charge on any atom is -0.507 e. The van der Waals surface area contributed by atoms with E-state index in [1.54, 1.807) is 0 Å². The molecule has 0 bridgehead atoms. The fourth-order valence-electron chi connectivity index (χ4n) is 8.43. The number of carbonyl (C=O) groups is 1. The van der Waals surface area contributed by atoms with Gasteiger partial charge in [-0.3, -0.25) is 24.4 Å². The number of rotatable bonds is 11. The molecule has 1 saturated heterocycles. The minimum atomic E-state index is -1.83. The van der Waals surface area contributed by atoms with Crippen molar-refractivity contribution < 1.29 is 47.2 Å². The average molecular weight is 841 g/mol. The number of phenols is 2. The van der Waals surface area contributed by atoms with Crippen LogP contribution in [0.25, 0.3) is 0 Å². The van der Waals surface area contributed by atoms with Crippen molar-refractivity contribution in [1.29, 1.82) is 0 Å². The number of benzene rings is 2. The normalized spacial score (nSPS) is 19.2. The molecule has 2 heterocycles. The number of aliphatic imine (C=N–C) groups is 2. The third-order valence-electron chi connectivity index (χ3n) is 11.7. The zero-order valence-corrected chi connectivity index (χ0v) is 38.5. The monoisotopic (exact) mass is 841 g/mol. The number of guanidine groups is 1. The van der Waals surface area contributed by atoms with E-state index in [-0.39, 0.29) is 45.7 Å². The van der Waals surface area contributed by atoms with Crippen LogP contribution in [0.1, 0.15) is 160 Å². The Morgan fingerprint density at radius 2 is 1.24 bits per heavy atom. The van der Waals surface area contributed by atoms with Crippen molar-refractivity contribution in [3.63, 3.8) is 0 Å². The summed E-state index contributed by atoms with van der Waals surface area (Å²) < 4.78 is 2.46. The van der Waals surface area contributed by atoms with Gasteiger partial charge >= 0.3 is 12.1 Å². The van der Waals surface area contributed by atoms with Gasteiger partial charge < -0.3 is 20.4 Å². The molecule has 10 nitrogen and oxygen atoms in total. The van der Waals surface area contributed by atoms with Gasteiger partial charge in [-0.05, 0) is 71.6 Å². The van der Waals surface area contributed by atoms with Crippen LogP contribution in [0.4, 0.5) is 4.79 Å². The van der Waals surface area contributed by atoms with E-state index < -0.39 is 6.16 Å². The number of phenolic OH excluding ortho intramolecular Hbond substituents is 2. The van der Waals surface area contributed by atoms with Gasteiger partial charge in [0.1, 0.15) is 11.5 Å². The van der Waals surface area contributed by atoms with E-state index in [9.17, 15) is 10.2 Å². The maximum Gasteiger partial charge on any atom is 0.503 e. The van der Waals surface area contributed by atoms with Gasteiger partial charge in [-0.25, -0.2) is 4.79 Å². The summed E-state index contributed by atoms with van der Waals surface area (Å²) in [7, 11) is 2.26. The smallest absolute Gasteiger partial charge is 0.503 e. The van der Waals surface area contributed by atoms with Gasteiger partial charge in [0.05, 0.1) is 51.9 Å². The number of hydrogen-bond donors (Lipinski definition) is 4. The quantitative estimate of drug-likeness (QED) is 0.101. The van der Waals surface area contributed by atoms with Crippen LogP contribution in [0.15, 0.2) is 34.3 Å². The molecule has 58 heavy (non-hydrogen) atoms. The summed E-state index contributed by atoms with van der Waals surface area (Å²) in [5.74, 6) is 2.13. The van der Waals surface area contributed by atoms with E-state index in [0.717, 1.165) is 67.3 Å². The van der Waals surface area contributed by atoms with Crippen molar-refractivity contribution in [3.05, 3.63) is 57.6 Å². The van der Waals surface area contributed by atoms with Crippen LogP contribution in [0.3, 0.4) is 0 Å². The first-order valence-corrected chi connectivity index (χ1v) is 21.5. The summed E-state index contributed by atoms with van der Waals surface area (Å²) >= 11 is 0. The number of hydrogen-bond acceptors (Lipinski definition) is 7. The number of fused-ring (bicyclic) bond motifs is 1. The summed E-state index contributed by atoms with van der Waals surface area (Å²) in [6.45, 7) is 25.5. The summed E-state index contributed by atoms with van der Waals surface area (Å²) in [5.41, 5.74) is 5.61. The Morgan fingerprint density at radius 3 is 1.79 bits per heavy atom. The maximum atomic E-state index is 11.5. The molecular weight excluding hydrogens is 767 g/mol. The fourth-order valence-corrected chi connectivity index (χ4v) is 8.43. The number of aromatic hydroxyl groups is 2. The Morgan fingerprint density at radius 1 is 0.724 bits per heavy atom. The standard InChI is InChI=1S/C46H71N5O2.CH2O3.Cr/c1-44(2,3)36-29-35(42(53)38(30-36)46(7,8)9)32-48-40-21-15-14-20-39(40)47-31-34-27-33(28-37(41(34)52)45(4,5)6)19-13-11-12-16-23-50-25-18-26-51-24-17-22-49(10)43(50)51;2-1(3)4;/h27-32,39-40H,11-26H2,1-10H3,(H-,47,48,52,53);(H2,2,3,4);/p+1. The van der Waals surface area contributed by atoms with E-state index in [1.165, 1.54) is 75.4 Å². The molecular formula is C47H74CrN5O5+. The van der Waals surface area contributed by atoms with E-state index in [1.807, 2.05) is 12.4 Å². The second kappa shape index (κ2) is 21.1. The fraction of sp³-hybridized carbons (Fsp3) is 0.660. The summed E-state index contributed by atoms with van der Waals surface area (Å²) in [6, 6.07) is 8.72. The Hall–Kier alpha value is -3.55. The Bertz CT molecular complexity index is 1760. The molecule has 3 aliphatic rings. The van der Waals surface area contributed by atoms with Gasteiger partial charge in [0.2, 0.25) is 0 Å². The van der Waals surface area contributed by atoms with Gasteiger partial charge in [-0.15, -0.1) is 0 Å². The van der Waals surface area contributed by atoms with Crippen molar-refractivity contribution in [2.24, 2.45) is 9.98 Å². The molecule has 2 aromatic rings. The van der Waals surface area contributed by atoms with E-state index in [0.29, 0.717) is 11.5 Å². The first-order chi connectivity index (χ1) is 26.7. The molecule has 1 aliphatic carbocycles. The van der Waals surface area contributed by atoms with Crippen molar-refractivity contribution in [2.75, 3.05) is 39.8 Å². The molecule has 2 unspecified atom stereocenters. The molecule has 0 aromatic heterocycles. The number of nitrogens with zero attached hydrogens (tertiary/aromatic N) is 5. The second-order valence-corrected chi connectivity index (χ2v) is 19.6. The van der Waals surface area contributed by atoms with Crippen molar-refractivity contribution in [3.8, 4) is 11.5 Å². The molecule has 2 atom stereocenters. The van der Waals surface area contributed by atoms with Crippen molar-refractivity contribution >= 4 is 24.5 Å². The van der Waals surface area contributed by atoms with Crippen LogP contribution in [0.2, 0.25) is 0 Å². The zero-order chi connectivity index (χ0) is 42.1. The average Bonchev–Trinajstić information content (AvgIpc) is 3.11. The molecule has 0 spiro atoms. The molecule has 0 radical (unpaired) electrons. The molecule has 0 amide bonds. The van der Waals surface area contributed by atoms with Gasteiger partial charge in [-0.1, -0.05) is 100 Å². The molecule has 2 fully saturated rings. The number of aryl methyl sites for hydroxylation is 1. The molecule has 2 aliphatic heterocycles. The molecule has 1 saturated carbocycles. The molecule has 11 heteroatoms. The van der Waals surface area contributed by atoms with E-state index in [4.69, 9.17) is 25.0 Å². The van der Waals surface area contributed by atoms with Crippen LogP contribution < -0.4 is 0 Å². The molecule has 4 N–H and O–H groups in total. The van der Waals surface area contributed by atoms with Gasteiger partial charge in [0.25, 0.3) is 0 Å². The SMILES string of the molecule is C[N+]1=C2N(CCCCCCc3cc(C=NC4CCCCC4N=Cc4cc(C(C)(C)C)cc(C(C)(C)C)c4O)c(O)c(C(C)(C)C)c3)CCCN2CCC1.O=C(O)O.[Cr]. The summed E-state index contributed by atoms with van der Waals surface area (Å²) in [4.78, 5) is 24.0. The van der Waals surface area contributed by atoms with Gasteiger partial charge in [-0.2, -0.15) is 0 Å². The topological polar surface area (TPSA) is 132 Å². The summed E-state index contributed by atoms with van der Waals surface area (Å²) in [6.07, 6.45) is 14.5. The Balaban J connectivity index is 0.00000172. The van der Waals surface area contributed by atoms with E-state index >= 15 is 0 Å². The third-order valence-corrected chi connectivity index (χ3v) is 11.7. The first-order valence-electron chi connectivity index (χ1n) is 21.5. The van der Waals surface area contributed by atoms with Crippen LogP contribution >= 0.6 is 0 Å². The predicted molar refractivity (Wildman–Crippen MR) is 235 cm³/mol. The second-order valence-electron chi connectivity index (χ2n) is 19.6. The van der Waals surface area contributed by atoms with Crippen LogP contribution in [0.5, 0.6) is 11.5 Å². The number of carboxylic acid groups (broad SMARTS) is 2. The van der Waals surface area contributed by atoms with Crippen molar-refractivity contribution in [2.45, 2.75) is 161 Å². The maximum absolute atomic E-state index is 11.5. The largest absolute Gasteiger partial charge is 0.507 e. The van der Waals surface area contributed by atoms with Gasteiger partial charge in [0, 0.05) is 64.9 Å². The van der Waals surface area contributed by atoms with E-state index in [2.05, 4.69) is 108 Å². The third kappa shape index (κ3) is 13.8. The Labute approximate surface area is 360 Å². The van der Waals surface area contributed by atoms with Crippen LogP contribution in [-0.4, -0.2) is 111 Å². The summed E-state index contributed by atoms with van der Waals surface area (Å²) in [5, 5.41) is 36.8. The molecule has 322 valence electrons. The molecule has 2 aromatic carbocycles. The van der Waals surface area contributed by atoms with Crippen LogP contribution in [0, 0.1) is 0 Å². The molecule has 5 rings (SSSR count). The predicted octanol–water partition coefficient (Wildman–Crippen LogP) is 9.57. The zero-order valence-electron chi connectivity index (χ0n) is 37.3. The number of unbranched alkanes of at least 4 members (excludes halogenated alkanes) is 3. The van der Waals surface area contributed by atoms with Crippen molar-refractivity contribution in [1.82, 2.24) is 9.80 Å². The Kier molecular flexibility index (Phi) is 17.8. The minimum absolute atomic E-state index is 0. The van der Waals surface area contributed by atoms with Gasteiger partial charge in [0.15, 0.2) is 0 Å². The first kappa shape index (κ1) is 48.8.